The molecular weight excluding hydrogens is 220 g/mol. The highest BCUT2D eigenvalue weighted by Crippen LogP contribution is 2.11. The van der Waals surface area contributed by atoms with E-state index in [0.29, 0.717) is 11.0 Å². The Labute approximate surface area is 94.5 Å². The monoisotopic (exact) mass is 228 g/mol. The minimum atomic E-state index is -0.541. The van der Waals surface area contributed by atoms with Gasteiger partial charge in [-0.2, -0.15) is 5.10 Å². The second-order valence-corrected chi connectivity index (χ2v) is 3.56. The van der Waals surface area contributed by atoms with Crippen LogP contribution in [0.5, 0.6) is 0 Å². The molecule has 3 aromatic rings. The number of hydrogen-bond donors (Lipinski definition) is 2. The van der Waals surface area contributed by atoms with Gasteiger partial charge in [0, 0.05) is 0 Å². The van der Waals surface area contributed by atoms with Crippen LogP contribution < -0.4 is 11.2 Å². The van der Waals surface area contributed by atoms with Gasteiger partial charge in [-0.1, -0.05) is 18.2 Å². The SMILES string of the molecule is O=c1[nH]c(=O)c2cnn(-c3ccccc3)c2[nH]1. The Morgan fingerprint density at radius 1 is 1.06 bits per heavy atom. The molecule has 0 aliphatic heterocycles. The lowest BCUT2D eigenvalue weighted by atomic mass is 10.3. The van der Waals surface area contributed by atoms with E-state index in [9.17, 15) is 9.59 Å². The van der Waals surface area contributed by atoms with E-state index in [-0.39, 0.29) is 0 Å². The molecule has 0 fully saturated rings. The summed E-state index contributed by atoms with van der Waals surface area (Å²) in [6, 6.07) is 9.27. The Kier molecular flexibility index (Phi) is 1.94. The molecule has 17 heavy (non-hydrogen) atoms. The second kappa shape index (κ2) is 3.44. The zero-order valence-corrected chi connectivity index (χ0v) is 8.68. The number of rotatable bonds is 1. The smallest absolute Gasteiger partial charge is 0.291 e. The van der Waals surface area contributed by atoms with Crippen molar-refractivity contribution < 1.29 is 0 Å². The number of nitrogens with one attached hydrogen (secondary N) is 2. The lowest BCUT2D eigenvalue weighted by Gasteiger charge is -2.01. The molecule has 0 saturated heterocycles. The molecule has 0 atom stereocenters. The van der Waals surface area contributed by atoms with Gasteiger partial charge >= 0.3 is 5.69 Å². The van der Waals surface area contributed by atoms with Crippen molar-refractivity contribution in [1.29, 1.82) is 0 Å². The number of H-pyrrole nitrogens is 2. The topological polar surface area (TPSA) is 83.5 Å². The number of benzene rings is 1. The number of aromatic nitrogens is 4. The van der Waals surface area contributed by atoms with Crippen LogP contribution in [0.3, 0.4) is 0 Å². The quantitative estimate of drug-likeness (QED) is 0.632. The Morgan fingerprint density at radius 3 is 2.59 bits per heavy atom. The van der Waals surface area contributed by atoms with Crippen molar-refractivity contribution >= 4 is 11.0 Å². The Morgan fingerprint density at radius 2 is 1.82 bits per heavy atom. The maximum Gasteiger partial charge on any atom is 0.327 e. The lowest BCUT2D eigenvalue weighted by molar-refractivity contribution is 0.889. The van der Waals surface area contributed by atoms with Crippen LogP contribution in [-0.2, 0) is 0 Å². The first-order valence-electron chi connectivity index (χ1n) is 5.01. The van der Waals surface area contributed by atoms with Gasteiger partial charge in [0.25, 0.3) is 5.56 Å². The average molecular weight is 228 g/mol. The Bertz CT molecular complexity index is 782. The van der Waals surface area contributed by atoms with Crippen LogP contribution in [0.4, 0.5) is 0 Å². The number of nitrogens with zero attached hydrogens (tertiary/aromatic N) is 2. The summed E-state index contributed by atoms with van der Waals surface area (Å²) in [4.78, 5) is 27.5. The lowest BCUT2D eigenvalue weighted by Crippen LogP contribution is -2.22. The molecule has 6 heteroatoms. The summed E-state index contributed by atoms with van der Waals surface area (Å²) in [5.41, 5.74) is 0.194. The molecular formula is C11H8N4O2. The third-order valence-electron chi connectivity index (χ3n) is 2.47. The molecule has 3 rings (SSSR count). The molecule has 0 saturated carbocycles. The molecule has 0 unspecified atom stereocenters. The fraction of sp³-hybridized carbons (Fsp3) is 0. The number of para-hydroxylation sites is 1. The minimum Gasteiger partial charge on any atom is -0.291 e. The van der Waals surface area contributed by atoms with E-state index in [1.165, 1.54) is 10.9 Å². The zero-order valence-electron chi connectivity index (χ0n) is 8.68. The van der Waals surface area contributed by atoms with Crippen molar-refractivity contribution in [3.8, 4) is 5.69 Å². The standard InChI is InChI=1S/C11H8N4O2/c16-10-8-6-12-15(7-4-2-1-3-5-7)9(8)13-11(17)14-10/h1-6H,(H2,13,14,16,17). The van der Waals surface area contributed by atoms with Gasteiger partial charge in [0.05, 0.1) is 11.9 Å². The highest BCUT2D eigenvalue weighted by Gasteiger charge is 2.08. The van der Waals surface area contributed by atoms with Crippen LogP contribution in [0, 0.1) is 0 Å². The summed E-state index contributed by atoms with van der Waals surface area (Å²) in [6.45, 7) is 0. The Balaban J connectivity index is 2.40. The molecule has 84 valence electrons. The summed E-state index contributed by atoms with van der Waals surface area (Å²) in [5.74, 6) is 0. The first kappa shape index (κ1) is 9.59. The van der Waals surface area contributed by atoms with Gasteiger partial charge in [0.15, 0.2) is 5.65 Å². The molecule has 0 bridgehead atoms. The number of hydrogen-bond acceptors (Lipinski definition) is 3. The van der Waals surface area contributed by atoms with Gasteiger partial charge in [-0.3, -0.25) is 14.8 Å². The summed E-state index contributed by atoms with van der Waals surface area (Å²) < 4.78 is 1.52. The van der Waals surface area contributed by atoms with Crippen molar-refractivity contribution in [1.82, 2.24) is 19.7 Å². The van der Waals surface area contributed by atoms with E-state index < -0.39 is 11.2 Å². The molecule has 2 aromatic heterocycles. The maximum atomic E-state index is 11.5. The van der Waals surface area contributed by atoms with E-state index in [0.717, 1.165) is 5.69 Å². The third-order valence-corrected chi connectivity index (χ3v) is 2.47. The van der Waals surface area contributed by atoms with Crippen LogP contribution in [-0.4, -0.2) is 19.7 Å². The van der Waals surface area contributed by atoms with Gasteiger partial charge in [-0.15, -0.1) is 0 Å². The van der Waals surface area contributed by atoms with Gasteiger partial charge in [0.1, 0.15) is 5.39 Å². The summed E-state index contributed by atoms with van der Waals surface area (Å²) >= 11 is 0. The number of aromatic amines is 2. The van der Waals surface area contributed by atoms with Gasteiger partial charge in [0.2, 0.25) is 0 Å². The van der Waals surface area contributed by atoms with E-state index in [1.807, 2.05) is 30.3 Å². The highest BCUT2D eigenvalue weighted by molar-refractivity contribution is 5.74. The van der Waals surface area contributed by atoms with E-state index >= 15 is 0 Å². The molecule has 0 aliphatic carbocycles. The molecule has 0 aliphatic rings. The molecule has 0 amide bonds. The van der Waals surface area contributed by atoms with Crippen LogP contribution >= 0.6 is 0 Å². The van der Waals surface area contributed by atoms with Gasteiger partial charge < -0.3 is 0 Å². The summed E-state index contributed by atoms with van der Waals surface area (Å²) in [5, 5.41) is 4.45. The second-order valence-electron chi connectivity index (χ2n) is 3.56. The third kappa shape index (κ3) is 1.46. The van der Waals surface area contributed by atoms with Crippen LogP contribution in [0.1, 0.15) is 0 Å². The van der Waals surface area contributed by atoms with Crippen molar-refractivity contribution in [3.05, 3.63) is 57.4 Å². The molecule has 6 nitrogen and oxygen atoms in total. The van der Waals surface area contributed by atoms with Crippen LogP contribution in [0.15, 0.2) is 46.1 Å². The molecule has 1 aromatic carbocycles. The minimum absolute atomic E-state index is 0.355. The first-order chi connectivity index (χ1) is 8.25. The molecule has 2 N–H and O–H groups in total. The predicted octanol–water partition coefficient (Wildman–Crippen LogP) is 0.402. The number of fused-ring (bicyclic) bond motifs is 1. The van der Waals surface area contributed by atoms with Crippen molar-refractivity contribution in [2.45, 2.75) is 0 Å². The fourth-order valence-corrected chi connectivity index (χ4v) is 1.71. The predicted molar refractivity (Wildman–Crippen MR) is 62.3 cm³/mol. The van der Waals surface area contributed by atoms with Crippen molar-refractivity contribution in [2.24, 2.45) is 0 Å². The van der Waals surface area contributed by atoms with E-state index in [2.05, 4.69) is 15.1 Å². The average Bonchev–Trinajstić information content (AvgIpc) is 2.74. The maximum absolute atomic E-state index is 11.5. The fourth-order valence-electron chi connectivity index (χ4n) is 1.71. The van der Waals surface area contributed by atoms with E-state index in [1.54, 1.807) is 0 Å². The Hall–Kier alpha value is -2.63. The largest absolute Gasteiger partial charge is 0.327 e. The molecule has 0 spiro atoms. The van der Waals surface area contributed by atoms with Crippen LogP contribution in [0.25, 0.3) is 16.7 Å². The molecule has 0 radical (unpaired) electrons. The first-order valence-corrected chi connectivity index (χ1v) is 5.01. The molecule has 2 heterocycles. The normalized spacial score (nSPS) is 10.8. The zero-order chi connectivity index (χ0) is 11.8. The van der Waals surface area contributed by atoms with Crippen molar-refractivity contribution in [3.63, 3.8) is 0 Å². The highest BCUT2D eigenvalue weighted by atomic mass is 16.2. The van der Waals surface area contributed by atoms with Gasteiger partial charge in [-0.25, -0.2) is 9.48 Å². The summed E-state index contributed by atoms with van der Waals surface area (Å²) in [6.07, 6.45) is 1.43. The van der Waals surface area contributed by atoms with Crippen molar-refractivity contribution in [2.75, 3.05) is 0 Å². The summed E-state index contributed by atoms with van der Waals surface area (Å²) in [7, 11) is 0. The van der Waals surface area contributed by atoms with Crippen LogP contribution in [0.2, 0.25) is 0 Å². The van der Waals surface area contributed by atoms with E-state index in [4.69, 9.17) is 0 Å². The van der Waals surface area contributed by atoms with Gasteiger partial charge in [-0.05, 0) is 12.1 Å².